The number of aryl methyl sites for hydroxylation is 2. The van der Waals surface area contributed by atoms with Gasteiger partial charge in [0.05, 0.1) is 16.7 Å². The molecule has 1 aliphatic carbocycles. The highest BCUT2D eigenvalue weighted by atomic mass is 32.2. The fourth-order valence-corrected chi connectivity index (χ4v) is 5.69. The summed E-state index contributed by atoms with van der Waals surface area (Å²) in [5.41, 5.74) is 0.175. The van der Waals surface area contributed by atoms with Gasteiger partial charge < -0.3 is 5.32 Å². The van der Waals surface area contributed by atoms with Gasteiger partial charge in [-0.2, -0.15) is 5.26 Å². The second-order valence-corrected chi connectivity index (χ2v) is 9.92. The summed E-state index contributed by atoms with van der Waals surface area (Å²) in [5.74, 6) is -0.177. The molecule has 2 aromatic rings. The van der Waals surface area contributed by atoms with E-state index in [1.807, 2.05) is 20.8 Å². The van der Waals surface area contributed by atoms with Gasteiger partial charge in [0.1, 0.15) is 10.4 Å². The Balaban J connectivity index is 1.86. The number of aromatic nitrogens is 2. The summed E-state index contributed by atoms with van der Waals surface area (Å²) < 4.78 is 1.64. The van der Waals surface area contributed by atoms with E-state index in [4.69, 9.17) is 4.98 Å². The summed E-state index contributed by atoms with van der Waals surface area (Å²) in [6.45, 7) is 8.15. The van der Waals surface area contributed by atoms with E-state index in [0.29, 0.717) is 29.9 Å². The third kappa shape index (κ3) is 3.83. The molecule has 150 valence electrons. The summed E-state index contributed by atoms with van der Waals surface area (Å²) in [6, 6.07) is 2.32. The van der Waals surface area contributed by atoms with Crippen molar-refractivity contribution in [3.05, 3.63) is 20.8 Å². The van der Waals surface area contributed by atoms with Crippen molar-refractivity contribution in [2.24, 2.45) is 0 Å². The van der Waals surface area contributed by atoms with Crippen LogP contribution in [0.5, 0.6) is 0 Å². The van der Waals surface area contributed by atoms with Crippen LogP contribution in [0.4, 0.5) is 0 Å². The van der Waals surface area contributed by atoms with Crippen molar-refractivity contribution in [1.29, 1.82) is 5.26 Å². The Morgan fingerprint density at radius 2 is 2.07 bits per heavy atom. The maximum Gasteiger partial charge on any atom is 0.263 e. The first-order valence-electron chi connectivity index (χ1n) is 9.72. The number of hydrogen-bond donors (Lipinski definition) is 1. The van der Waals surface area contributed by atoms with Crippen molar-refractivity contribution in [1.82, 2.24) is 14.9 Å². The van der Waals surface area contributed by atoms with Gasteiger partial charge in [-0.3, -0.25) is 14.2 Å². The summed E-state index contributed by atoms with van der Waals surface area (Å²) in [5, 5.41) is 13.4. The second kappa shape index (κ2) is 8.26. The summed E-state index contributed by atoms with van der Waals surface area (Å²) in [7, 11) is 0. The monoisotopic (exact) mass is 418 g/mol. The maximum atomic E-state index is 13.0. The summed E-state index contributed by atoms with van der Waals surface area (Å²) >= 11 is 2.79. The van der Waals surface area contributed by atoms with E-state index >= 15 is 0 Å². The van der Waals surface area contributed by atoms with Crippen molar-refractivity contribution in [2.45, 2.75) is 82.3 Å². The number of thiophene rings is 1. The fourth-order valence-electron chi connectivity index (χ4n) is 3.65. The standard InChI is InChI=1S/C20H26N4O2S2/c1-5-24-18(26)15-12(2)13(3)27-17(15)22-19(24)28-14(4)16(25)23-20(11-21)9-7-6-8-10-20/h14H,5-10H2,1-4H3,(H,23,25)/t14-/m0/s1. The van der Waals surface area contributed by atoms with Gasteiger partial charge in [-0.15, -0.1) is 11.3 Å². The molecular weight excluding hydrogens is 392 g/mol. The molecule has 1 aliphatic rings. The smallest absolute Gasteiger partial charge is 0.263 e. The van der Waals surface area contributed by atoms with Crippen LogP contribution in [0.2, 0.25) is 0 Å². The Labute approximate surface area is 173 Å². The molecule has 1 amide bonds. The topological polar surface area (TPSA) is 87.8 Å². The lowest BCUT2D eigenvalue weighted by atomic mass is 9.83. The SMILES string of the molecule is CCn1c(S[C@@H](C)C(=O)NC2(C#N)CCCCC2)nc2sc(C)c(C)c2c1=O. The van der Waals surface area contributed by atoms with Gasteiger partial charge in [-0.25, -0.2) is 4.98 Å². The fraction of sp³-hybridized carbons (Fsp3) is 0.600. The highest BCUT2D eigenvalue weighted by Crippen LogP contribution is 2.31. The predicted octanol–water partition coefficient (Wildman–Crippen LogP) is 3.92. The Hall–Kier alpha value is -1.85. The third-order valence-electron chi connectivity index (χ3n) is 5.51. The number of carbonyl (C=O) groups is 1. The molecule has 0 aliphatic heterocycles. The van der Waals surface area contributed by atoms with E-state index < -0.39 is 10.8 Å². The molecule has 0 bridgehead atoms. The molecule has 3 rings (SSSR count). The number of hydrogen-bond acceptors (Lipinski definition) is 6. The highest BCUT2D eigenvalue weighted by Gasteiger charge is 2.35. The minimum Gasteiger partial charge on any atom is -0.337 e. The minimum atomic E-state index is -0.756. The first-order valence-corrected chi connectivity index (χ1v) is 11.4. The molecule has 2 heterocycles. The second-order valence-electron chi connectivity index (χ2n) is 7.41. The maximum absolute atomic E-state index is 13.0. The zero-order chi connectivity index (χ0) is 20.5. The van der Waals surface area contributed by atoms with Crippen LogP contribution >= 0.6 is 23.1 Å². The normalized spacial score (nSPS) is 17.2. The first-order chi connectivity index (χ1) is 13.3. The van der Waals surface area contributed by atoms with Crippen LogP contribution in [-0.4, -0.2) is 26.2 Å². The Bertz CT molecular complexity index is 996. The quantitative estimate of drug-likeness (QED) is 0.587. The molecule has 28 heavy (non-hydrogen) atoms. The lowest BCUT2D eigenvalue weighted by Crippen LogP contribution is -2.51. The van der Waals surface area contributed by atoms with Crippen LogP contribution in [0, 0.1) is 25.2 Å². The number of rotatable bonds is 5. The van der Waals surface area contributed by atoms with Gasteiger partial charge in [-0.05, 0) is 46.1 Å². The number of nitriles is 1. The summed E-state index contributed by atoms with van der Waals surface area (Å²) in [4.78, 5) is 32.2. The molecule has 0 spiro atoms. The molecule has 8 heteroatoms. The van der Waals surface area contributed by atoms with Crippen molar-refractivity contribution in [2.75, 3.05) is 0 Å². The first kappa shape index (κ1) is 20.9. The molecule has 0 unspecified atom stereocenters. The lowest BCUT2D eigenvalue weighted by molar-refractivity contribution is -0.121. The van der Waals surface area contributed by atoms with Crippen LogP contribution in [-0.2, 0) is 11.3 Å². The van der Waals surface area contributed by atoms with Crippen LogP contribution < -0.4 is 10.9 Å². The number of amides is 1. The molecule has 2 aromatic heterocycles. The third-order valence-corrected chi connectivity index (χ3v) is 7.70. The van der Waals surface area contributed by atoms with Gasteiger partial charge in [0.15, 0.2) is 5.16 Å². The van der Waals surface area contributed by atoms with E-state index in [2.05, 4.69) is 11.4 Å². The van der Waals surface area contributed by atoms with Crippen LogP contribution in [0.3, 0.4) is 0 Å². The zero-order valence-electron chi connectivity index (χ0n) is 16.8. The average Bonchev–Trinajstić information content (AvgIpc) is 2.96. The molecule has 0 aromatic carbocycles. The average molecular weight is 419 g/mol. The highest BCUT2D eigenvalue weighted by molar-refractivity contribution is 8.00. The van der Waals surface area contributed by atoms with E-state index in [-0.39, 0.29) is 11.5 Å². The number of carbonyl (C=O) groups excluding carboxylic acids is 1. The molecule has 1 N–H and O–H groups in total. The lowest BCUT2D eigenvalue weighted by Gasteiger charge is -2.32. The molecule has 1 atom stereocenters. The van der Waals surface area contributed by atoms with Crippen LogP contribution in [0.15, 0.2) is 9.95 Å². The number of fused-ring (bicyclic) bond motifs is 1. The van der Waals surface area contributed by atoms with E-state index in [9.17, 15) is 14.9 Å². The van der Waals surface area contributed by atoms with Crippen molar-refractivity contribution < 1.29 is 4.79 Å². The molecule has 6 nitrogen and oxygen atoms in total. The molecule has 1 fully saturated rings. The number of thioether (sulfide) groups is 1. The van der Waals surface area contributed by atoms with Crippen LogP contribution in [0.1, 0.15) is 56.4 Å². The molecule has 1 saturated carbocycles. The number of nitrogens with zero attached hydrogens (tertiary/aromatic N) is 3. The van der Waals surface area contributed by atoms with Gasteiger partial charge in [-0.1, -0.05) is 31.0 Å². The molecule has 0 saturated heterocycles. The summed E-state index contributed by atoms with van der Waals surface area (Å²) in [6.07, 6.45) is 4.42. The minimum absolute atomic E-state index is 0.0507. The number of nitrogens with one attached hydrogen (secondary N) is 1. The van der Waals surface area contributed by atoms with E-state index in [1.165, 1.54) is 23.1 Å². The van der Waals surface area contributed by atoms with E-state index in [1.54, 1.807) is 11.5 Å². The Kier molecular flexibility index (Phi) is 6.15. The zero-order valence-corrected chi connectivity index (χ0v) is 18.4. The predicted molar refractivity (Wildman–Crippen MR) is 114 cm³/mol. The van der Waals surface area contributed by atoms with Crippen molar-refractivity contribution >= 4 is 39.2 Å². The largest absolute Gasteiger partial charge is 0.337 e. The Morgan fingerprint density at radius 3 is 2.68 bits per heavy atom. The molecular formula is C20H26N4O2S2. The van der Waals surface area contributed by atoms with E-state index in [0.717, 1.165) is 34.5 Å². The van der Waals surface area contributed by atoms with Crippen LogP contribution in [0.25, 0.3) is 10.2 Å². The van der Waals surface area contributed by atoms with Gasteiger partial charge in [0.25, 0.3) is 5.56 Å². The molecule has 0 radical (unpaired) electrons. The van der Waals surface area contributed by atoms with Gasteiger partial charge in [0, 0.05) is 11.4 Å². The van der Waals surface area contributed by atoms with Gasteiger partial charge >= 0.3 is 0 Å². The van der Waals surface area contributed by atoms with Crippen molar-refractivity contribution in [3.8, 4) is 6.07 Å². The Morgan fingerprint density at radius 1 is 1.39 bits per heavy atom. The van der Waals surface area contributed by atoms with Gasteiger partial charge in [0.2, 0.25) is 5.91 Å². The van der Waals surface area contributed by atoms with Crippen molar-refractivity contribution in [3.63, 3.8) is 0 Å².